The summed E-state index contributed by atoms with van der Waals surface area (Å²) < 4.78 is 22.7. The summed E-state index contributed by atoms with van der Waals surface area (Å²) in [5, 5.41) is 11.8. The first-order valence-electron chi connectivity index (χ1n) is 11.7. The van der Waals surface area contributed by atoms with E-state index in [1.807, 2.05) is 37.5 Å². The first-order chi connectivity index (χ1) is 16.5. The van der Waals surface area contributed by atoms with Gasteiger partial charge in [0.2, 0.25) is 0 Å². The molecule has 3 atom stereocenters. The van der Waals surface area contributed by atoms with Crippen molar-refractivity contribution in [3.05, 3.63) is 54.4 Å². The fourth-order valence-corrected chi connectivity index (χ4v) is 5.83. The molecule has 0 saturated carbocycles. The number of ether oxygens (including phenoxy) is 1. The number of piperidine rings is 1. The predicted molar refractivity (Wildman–Crippen MR) is 133 cm³/mol. The largest absolute Gasteiger partial charge is 0.497 e. The van der Waals surface area contributed by atoms with E-state index in [2.05, 4.69) is 20.5 Å². The molecule has 3 aromatic rings. The summed E-state index contributed by atoms with van der Waals surface area (Å²) in [6.07, 6.45) is 4.11. The summed E-state index contributed by atoms with van der Waals surface area (Å²) in [5.74, 6) is 0.322. The Morgan fingerprint density at radius 2 is 2.21 bits per heavy atom. The van der Waals surface area contributed by atoms with Crippen LogP contribution < -0.4 is 4.74 Å². The molecule has 0 radical (unpaired) electrons. The Morgan fingerprint density at radius 1 is 1.35 bits per heavy atom. The van der Waals surface area contributed by atoms with Crippen molar-refractivity contribution < 1.29 is 19.0 Å². The highest BCUT2D eigenvalue weighted by molar-refractivity contribution is 7.99. The van der Waals surface area contributed by atoms with Crippen LogP contribution in [0.5, 0.6) is 5.75 Å². The Kier molecular flexibility index (Phi) is 8.11. The van der Waals surface area contributed by atoms with Gasteiger partial charge < -0.3 is 19.3 Å². The van der Waals surface area contributed by atoms with Gasteiger partial charge in [0.15, 0.2) is 0 Å². The number of alkyl halides is 1. The van der Waals surface area contributed by atoms with E-state index >= 15 is 4.39 Å². The molecule has 0 aliphatic carbocycles. The van der Waals surface area contributed by atoms with Crippen molar-refractivity contribution in [1.82, 2.24) is 14.5 Å². The van der Waals surface area contributed by atoms with Gasteiger partial charge in [-0.15, -0.1) is 11.8 Å². The van der Waals surface area contributed by atoms with Crippen molar-refractivity contribution in [2.75, 3.05) is 32.5 Å². The topological polar surface area (TPSA) is 67.6 Å². The lowest BCUT2D eigenvalue weighted by molar-refractivity contribution is -0.146. The van der Waals surface area contributed by atoms with Gasteiger partial charge >= 0.3 is 5.97 Å². The first-order valence-corrected chi connectivity index (χ1v) is 12.7. The minimum atomic E-state index is -1.17. The molecule has 1 aliphatic rings. The van der Waals surface area contributed by atoms with E-state index < -0.39 is 18.1 Å². The van der Waals surface area contributed by atoms with Gasteiger partial charge in [-0.25, -0.2) is 4.39 Å². The van der Waals surface area contributed by atoms with Crippen LogP contribution in [0.4, 0.5) is 4.39 Å². The molecule has 4 rings (SSSR count). The lowest BCUT2D eigenvalue weighted by Crippen LogP contribution is -2.44. The molecule has 6 nitrogen and oxygen atoms in total. The number of aryl methyl sites for hydroxylation is 1. The van der Waals surface area contributed by atoms with Gasteiger partial charge in [-0.05, 0) is 73.7 Å². The Hall–Kier alpha value is -2.58. The second-order valence-electron chi connectivity index (χ2n) is 8.93. The molecule has 1 aromatic carbocycles. The SMILES string of the molecule is COc1ccc2nccc([C@H](F)CC[C@@H]3CCN(CCSc4cccn4C)C[C@@H]3C(=O)O)c2c1. The van der Waals surface area contributed by atoms with Gasteiger partial charge in [0.1, 0.15) is 11.9 Å². The number of hydrogen-bond acceptors (Lipinski definition) is 5. The summed E-state index contributed by atoms with van der Waals surface area (Å²) in [4.78, 5) is 18.6. The van der Waals surface area contributed by atoms with Gasteiger partial charge in [0, 0.05) is 43.7 Å². The summed E-state index contributed by atoms with van der Waals surface area (Å²) in [7, 11) is 3.61. The van der Waals surface area contributed by atoms with Crippen molar-refractivity contribution in [3.8, 4) is 5.75 Å². The van der Waals surface area contributed by atoms with Crippen molar-refractivity contribution in [1.29, 1.82) is 0 Å². The molecule has 1 N–H and O–H groups in total. The Balaban J connectivity index is 1.34. The number of carboxylic acid groups (broad SMARTS) is 1. The van der Waals surface area contributed by atoms with E-state index in [9.17, 15) is 9.90 Å². The van der Waals surface area contributed by atoms with Crippen LogP contribution in [0.3, 0.4) is 0 Å². The van der Waals surface area contributed by atoms with Crippen LogP contribution in [0, 0.1) is 11.8 Å². The number of fused-ring (bicyclic) bond motifs is 1. The van der Waals surface area contributed by atoms with Crippen LogP contribution in [0.1, 0.15) is 31.0 Å². The van der Waals surface area contributed by atoms with E-state index in [1.165, 1.54) is 5.03 Å². The highest BCUT2D eigenvalue weighted by Gasteiger charge is 2.34. The maximum atomic E-state index is 15.4. The number of aliphatic carboxylic acids is 1. The number of rotatable bonds is 10. The molecular formula is C26H32FN3O3S. The number of thioether (sulfide) groups is 1. The number of halogens is 1. The molecule has 0 bridgehead atoms. The summed E-state index contributed by atoms with van der Waals surface area (Å²) in [6, 6.07) is 11.3. The maximum Gasteiger partial charge on any atom is 0.308 e. The lowest BCUT2D eigenvalue weighted by Gasteiger charge is -2.36. The number of benzene rings is 1. The molecule has 34 heavy (non-hydrogen) atoms. The standard InChI is InChI=1S/C26H32FN3O3S/c1-29-12-3-4-25(29)34-15-14-30-13-10-18(22(17-30)26(31)32)5-7-23(27)20-9-11-28-24-8-6-19(33-2)16-21(20)24/h3-4,6,8-9,11-12,16,18,22-23H,5,7,10,13-15,17H2,1-2H3,(H,31,32)/t18-,22+,23-/m1/s1. The van der Waals surface area contributed by atoms with Gasteiger partial charge in [0.05, 0.1) is 23.6 Å². The normalized spacial score (nSPS) is 19.9. The zero-order valence-corrected chi connectivity index (χ0v) is 20.5. The Morgan fingerprint density at radius 3 is 2.94 bits per heavy atom. The number of methoxy groups -OCH3 is 1. The molecule has 0 unspecified atom stereocenters. The lowest BCUT2D eigenvalue weighted by atomic mass is 9.81. The van der Waals surface area contributed by atoms with Gasteiger partial charge in [-0.2, -0.15) is 0 Å². The number of pyridine rings is 1. The minimum Gasteiger partial charge on any atom is -0.497 e. The molecule has 0 amide bonds. The van der Waals surface area contributed by atoms with Crippen molar-refractivity contribution in [2.24, 2.45) is 18.9 Å². The smallest absolute Gasteiger partial charge is 0.308 e. The molecule has 8 heteroatoms. The average Bonchev–Trinajstić information content (AvgIpc) is 3.26. The van der Waals surface area contributed by atoms with Crippen LogP contribution >= 0.6 is 11.8 Å². The molecule has 0 spiro atoms. The van der Waals surface area contributed by atoms with E-state index in [1.54, 1.807) is 31.1 Å². The van der Waals surface area contributed by atoms with E-state index in [-0.39, 0.29) is 5.92 Å². The first kappa shape index (κ1) is 24.5. The van der Waals surface area contributed by atoms with Crippen molar-refractivity contribution >= 4 is 28.6 Å². The summed E-state index contributed by atoms with van der Waals surface area (Å²) in [5.41, 5.74) is 1.32. The number of likely N-dealkylation sites (tertiary alicyclic amines) is 1. The number of nitrogens with zero attached hydrogens (tertiary/aromatic N) is 3. The van der Waals surface area contributed by atoms with Crippen molar-refractivity contribution in [3.63, 3.8) is 0 Å². The van der Waals surface area contributed by atoms with Gasteiger partial charge in [0.25, 0.3) is 0 Å². The third-order valence-electron chi connectivity index (χ3n) is 6.82. The third-order valence-corrected chi connectivity index (χ3v) is 7.93. The fourth-order valence-electron chi connectivity index (χ4n) is 4.83. The van der Waals surface area contributed by atoms with Crippen molar-refractivity contribution in [2.45, 2.75) is 30.5 Å². The Labute approximate surface area is 204 Å². The molecule has 182 valence electrons. The number of aromatic nitrogens is 2. The third kappa shape index (κ3) is 5.73. The maximum absolute atomic E-state index is 15.4. The van der Waals surface area contributed by atoms with Crippen LogP contribution in [0.15, 0.2) is 53.8 Å². The van der Waals surface area contributed by atoms with E-state index in [4.69, 9.17) is 4.74 Å². The van der Waals surface area contributed by atoms with Gasteiger partial charge in [-0.3, -0.25) is 9.78 Å². The minimum absolute atomic E-state index is 0.0184. The van der Waals surface area contributed by atoms with E-state index in [0.717, 1.165) is 36.2 Å². The fraction of sp³-hybridized carbons (Fsp3) is 0.462. The van der Waals surface area contributed by atoms with Crippen LogP contribution in [-0.2, 0) is 11.8 Å². The second-order valence-corrected chi connectivity index (χ2v) is 10.0. The molecule has 1 saturated heterocycles. The van der Waals surface area contributed by atoms with Crippen LogP contribution in [0.25, 0.3) is 10.9 Å². The molecule has 1 aliphatic heterocycles. The Bertz CT molecular complexity index is 1120. The number of carboxylic acids is 1. The summed E-state index contributed by atoms with van der Waals surface area (Å²) in [6.45, 7) is 2.23. The van der Waals surface area contributed by atoms with Gasteiger partial charge in [-0.1, -0.05) is 0 Å². The predicted octanol–water partition coefficient (Wildman–Crippen LogP) is 5.19. The quantitative estimate of drug-likeness (QED) is 0.399. The zero-order valence-electron chi connectivity index (χ0n) is 19.7. The molecular weight excluding hydrogens is 453 g/mol. The molecule has 3 heterocycles. The van der Waals surface area contributed by atoms with E-state index in [0.29, 0.717) is 30.7 Å². The second kappa shape index (κ2) is 11.2. The summed E-state index contributed by atoms with van der Waals surface area (Å²) >= 11 is 1.78. The molecule has 1 fully saturated rings. The average molecular weight is 486 g/mol. The highest BCUT2D eigenvalue weighted by Crippen LogP contribution is 2.35. The zero-order chi connectivity index (χ0) is 24.1. The number of hydrogen-bond donors (Lipinski definition) is 1. The van der Waals surface area contributed by atoms with Crippen LogP contribution in [-0.4, -0.2) is 58.0 Å². The highest BCUT2D eigenvalue weighted by atomic mass is 32.2. The van der Waals surface area contributed by atoms with Crippen LogP contribution in [0.2, 0.25) is 0 Å². The molecule has 2 aromatic heterocycles. The number of carbonyl (C=O) groups is 1. The monoisotopic (exact) mass is 485 g/mol.